The number of hydrogen-bond acceptors (Lipinski definition) is 3. The van der Waals surface area contributed by atoms with Gasteiger partial charge in [0.2, 0.25) is 0 Å². The lowest BCUT2D eigenvalue weighted by Gasteiger charge is -2.20. The Morgan fingerprint density at radius 3 is 2.39 bits per heavy atom. The van der Waals surface area contributed by atoms with E-state index in [1.165, 1.54) is 11.1 Å². The molecule has 0 aliphatic heterocycles. The summed E-state index contributed by atoms with van der Waals surface area (Å²) in [4.78, 5) is 4.82. The minimum atomic E-state index is 0.497. The predicted octanol–water partition coefficient (Wildman–Crippen LogP) is 7.12. The Bertz CT molecular complexity index is 1270. The summed E-state index contributed by atoms with van der Waals surface area (Å²) in [5.74, 6) is 2.09. The van der Waals surface area contributed by atoms with Crippen LogP contribution in [0.15, 0.2) is 48.5 Å². The quantitative estimate of drug-likeness (QED) is 0.368. The fourth-order valence-electron chi connectivity index (χ4n) is 4.14. The first-order valence-corrected chi connectivity index (χ1v) is 11.1. The molecule has 2 heterocycles. The monoisotopic (exact) mass is 410 g/mol. The van der Waals surface area contributed by atoms with E-state index in [9.17, 15) is 5.26 Å². The normalized spacial score (nSPS) is 11.5. The van der Waals surface area contributed by atoms with Gasteiger partial charge in [-0.1, -0.05) is 52.0 Å². The summed E-state index contributed by atoms with van der Waals surface area (Å²) in [7, 11) is 0. The van der Waals surface area contributed by atoms with Crippen LogP contribution in [-0.2, 0) is 6.42 Å². The van der Waals surface area contributed by atoms with E-state index < -0.39 is 0 Å². The number of benzene rings is 2. The van der Waals surface area contributed by atoms with Crippen LogP contribution in [0.5, 0.6) is 0 Å². The lowest BCUT2D eigenvalue weighted by atomic mass is 9.96. The fraction of sp³-hybridized carbons (Fsp3) is 0.333. The van der Waals surface area contributed by atoms with Crippen LogP contribution in [0.3, 0.4) is 0 Å². The highest BCUT2D eigenvalue weighted by molar-refractivity contribution is 5.87. The molecule has 0 aliphatic carbocycles. The van der Waals surface area contributed by atoms with Crippen molar-refractivity contribution in [3.05, 3.63) is 70.8 Å². The van der Waals surface area contributed by atoms with Gasteiger partial charge in [-0.3, -0.25) is 4.40 Å². The number of pyridine rings is 1. The zero-order valence-corrected chi connectivity index (χ0v) is 19.0. The third kappa shape index (κ3) is 3.88. The van der Waals surface area contributed by atoms with Gasteiger partial charge in [-0.15, -0.1) is 0 Å². The highest BCUT2D eigenvalue weighted by Gasteiger charge is 2.21. The molecular formula is C27H30N4. The third-order valence-electron chi connectivity index (χ3n) is 6.05. The highest BCUT2D eigenvalue weighted by Crippen LogP contribution is 2.34. The van der Waals surface area contributed by atoms with Gasteiger partial charge < -0.3 is 5.32 Å². The summed E-state index contributed by atoms with van der Waals surface area (Å²) in [5, 5.41) is 13.7. The van der Waals surface area contributed by atoms with E-state index in [0.717, 1.165) is 46.6 Å². The summed E-state index contributed by atoms with van der Waals surface area (Å²) in [6, 6.07) is 19.2. The van der Waals surface area contributed by atoms with Gasteiger partial charge in [0.1, 0.15) is 11.9 Å². The zero-order chi connectivity index (χ0) is 22.1. The molecule has 31 heavy (non-hydrogen) atoms. The Labute approximate surface area is 184 Å². The van der Waals surface area contributed by atoms with Gasteiger partial charge in [0.15, 0.2) is 5.65 Å². The molecule has 2 aromatic heterocycles. The average molecular weight is 411 g/mol. The Kier molecular flexibility index (Phi) is 5.69. The van der Waals surface area contributed by atoms with Gasteiger partial charge in [-0.25, -0.2) is 4.98 Å². The smallest absolute Gasteiger partial charge is 0.157 e. The molecule has 0 amide bonds. The zero-order valence-electron chi connectivity index (χ0n) is 19.0. The van der Waals surface area contributed by atoms with E-state index in [1.807, 2.05) is 18.2 Å². The molecule has 0 atom stereocenters. The summed E-state index contributed by atoms with van der Waals surface area (Å²) in [5.41, 5.74) is 7.87. The van der Waals surface area contributed by atoms with E-state index in [1.54, 1.807) is 0 Å². The van der Waals surface area contributed by atoms with Gasteiger partial charge in [-0.05, 0) is 72.6 Å². The molecule has 158 valence electrons. The highest BCUT2D eigenvalue weighted by atomic mass is 15.1. The van der Waals surface area contributed by atoms with Crippen molar-refractivity contribution in [2.75, 3.05) is 5.32 Å². The van der Waals surface area contributed by atoms with Crippen molar-refractivity contribution in [3.63, 3.8) is 0 Å². The van der Waals surface area contributed by atoms with Crippen molar-refractivity contribution in [2.24, 2.45) is 5.92 Å². The minimum absolute atomic E-state index is 0.497. The van der Waals surface area contributed by atoms with Gasteiger partial charge in [0.05, 0.1) is 16.6 Å². The van der Waals surface area contributed by atoms with E-state index in [4.69, 9.17) is 4.98 Å². The molecule has 2 aromatic carbocycles. The Morgan fingerprint density at radius 1 is 1.03 bits per heavy atom. The molecule has 4 rings (SSSR count). The molecular weight excluding hydrogens is 380 g/mol. The predicted molar refractivity (Wildman–Crippen MR) is 129 cm³/mol. The lowest BCUT2D eigenvalue weighted by molar-refractivity contribution is 0.585. The summed E-state index contributed by atoms with van der Waals surface area (Å²) in [6.07, 6.45) is 1.97. The second kappa shape index (κ2) is 8.43. The van der Waals surface area contributed by atoms with Crippen molar-refractivity contribution in [2.45, 2.75) is 53.4 Å². The van der Waals surface area contributed by atoms with E-state index in [2.05, 4.69) is 80.7 Å². The van der Waals surface area contributed by atoms with Gasteiger partial charge >= 0.3 is 0 Å². The first-order valence-electron chi connectivity index (χ1n) is 11.1. The number of para-hydroxylation sites is 2. The molecule has 4 nitrogen and oxygen atoms in total. The van der Waals surface area contributed by atoms with Crippen molar-refractivity contribution in [1.82, 2.24) is 9.38 Å². The van der Waals surface area contributed by atoms with Gasteiger partial charge in [0.25, 0.3) is 0 Å². The number of nitrogens with zero attached hydrogens (tertiary/aromatic N) is 3. The Balaban J connectivity index is 1.97. The third-order valence-corrected chi connectivity index (χ3v) is 6.05. The van der Waals surface area contributed by atoms with Crippen LogP contribution in [-0.4, -0.2) is 9.38 Å². The maximum Gasteiger partial charge on any atom is 0.157 e. The molecule has 0 saturated carbocycles. The van der Waals surface area contributed by atoms with Crippen LogP contribution in [0, 0.1) is 24.2 Å². The molecule has 0 bridgehead atoms. The maximum absolute atomic E-state index is 9.98. The molecule has 0 saturated heterocycles. The first kappa shape index (κ1) is 20.9. The molecule has 4 heteroatoms. The van der Waals surface area contributed by atoms with Crippen molar-refractivity contribution in [1.29, 1.82) is 5.26 Å². The van der Waals surface area contributed by atoms with E-state index in [0.29, 0.717) is 17.4 Å². The van der Waals surface area contributed by atoms with E-state index in [-0.39, 0.29) is 0 Å². The van der Waals surface area contributed by atoms with Crippen molar-refractivity contribution in [3.8, 4) is 6.07 Å². The van der Waals surface area contributed by atoms with Gasteiger partial charge in [-0.2, -0.15) is 5.26 Å². The van der Waals surface area contributed by atoms with Crippen LogP contribution in [0.1, 0.15) is 62.3 Å². The van der Waals surface area contributed by atoms with Gasteiger partial charge in [0, 0.05) is 5.69 Å². The van der Waals surface area contributed by atoms with Crippen molar-refractivity contribution >= 4 is 28.2 Å². The average Bonchev–Trinajstić information content (AvgIpc) is 3.13. The molecule has 0 unspecified atom stereocenters. The summed E-state index contributed by atoms with van der Waals surface area (Å²) < 4.78 is 2.13. The number of imidazole rings is 1. The van der Waals surface area contributed by atoms with E-state index >= 15 is 0 Å². The summed E-state index contributed by atoms with van der Waals surface area (Å²) >= 11 is 0. The van der Waals surface area contributed by atoms with Crippen LogP contribution in [0.4, 0.5) is 11.5 Å². The number of fused-ring (bicyclic) bond motifs is 3. The Morgan fingerprint density at radius 2 is 1.74 bits per heavy atom. The van der Waals surface area contributed by atoms with Crippen LogP contribution >= 0.6 is 0 Å². The number of rotatable bonds is 6. The number of aromatic nitrogens is 2. The SMILES string of the molecule is Cc1c(CCC(C)C)c(Nc2ccc(C(C)C)cc2)n2c(nc3ccccc32)c1C#N. The van der Waals surface area contributed by atoms with Crippen LogP contribution < -0.4 is 5.32 Å². The van der Waals surface area contributed by atoms with Crippen LogP contribution in [0.2, 0.25) is 0 Å². The number of hydrogen-bond donors (Lipinski definition) is 1. The number of nitrogens with one attached hydrogen (secondary N) is 1. The maximum atomic E-state index is 9.98. The van der Waals surface area contributed by atoms with Crippen molar-refractivity contribution < 1.29 is 0 Å². The molecule has 0 fully saturated rings. The molecule has 0 radical (unpaired) electrons. The number of anilines is 2. The van der Waals surface area contributed by atoms with Crippen LogP contribution in [0.25, 0.3) is 16.7 Å². The molecule has 0 aliphatic rings. The number of nitriles is 1. The largest absolute Gasteiger partial charge is 0.341 e. The molecule has 1 N–H and O–H groups in total. The molecule has 4 aromatic rings. The standard InChI is InChI=1S/C27H30N4/c1-17(2)10-15-22-19(5)23(16-28)27-30-24-8-6-7-9-25(24)31(27)26(22)29-21-13-11-20(12-14-21)18(3)4/h6-9,11-14,17-18,29H,10,15H2,1-5H3. The second-order valence-corrected chi connectivity index (χ2v) is 9.03. The second-order valence-electron chi connectivity index (χ2n) is 9.03. The topological polar surface area (TPSA) is 53.1 Å². The minimum Gasteiger partial charge on any atom is -0.341 e. The molecule has 0 spiro atoms. The Hall–Kier alpha value is -3.32. The lowest BCUT2D eigenvalue weighted by Crippen LogP contribution is -2.09. The summed E-state index contributed by atoms with van der Waals surface area (Å²) in [6.45, 7) is 10.9. The first-order chi connectivity index (χ1) is 14.9. The fourth-order valence-corrected chi connectivity index (χ4v) is 4.14.